The molecule has 25 heavy (non-hydrogen) atoms. The molecule has 1 aromatic rings. The van der Waals surface area contributed by atoms with Gasteiger partial charge in [0.25, 0.3) is 0 Å². The Labute approximate surface area is 153 Å². The van der Waals surface area contributed by atoms with Crippen molar-refractivity contribution in [2.75, 3.05) is 11.9 Å². The lowest BCUT2D eigenvalue weighted by molar-refractivity contribution is 0.323. The Hall–Kier alpha value is -1.07. The van der Waals surface area contributed by atoms with E-state index < -0.39 is 10.0 Å². The van der Waals surface area contributed by atoms with Crippen molar-refractivity contribution in [1.82, 2.24) is 4.72 Å². The first-order valence-electron chi connectivity index (χ1n) is 9.74. The third-order valence-corrected chi connectivity index (χ3v) is 7.07. The van der Waals surface area contributed by atoms with Crippen LogP contribution in [0.15, 0.2) is 24.3 Å². The van der Waals surface area contributed by atoms with Gasteiger partial charge >= 0.3 is 0 Å². The molecular weight excluding hydrogens is 332 g/mol. The maximum Gasteiger partial charge on any atom is 0.214 e. The van der Waals surface area contributed by atoms with Gasteiger partial charge in [-0.05, 0) is 76.0 Å². The highest BCUT2D eigenvalue weighted by Gasteiger charge is 2.26. The molecule has 0 radical (unpaired) electrons. The van der Waals surface area contributed by atoms with E-state index in [0.29, 0.717) is 5.92 Å². The minimum absolute atomic E-state index is 0.112. The monoisotopic (exact) mass is 366 g/mol. The van der Waals surface area contributed by atoms with E-state index in [1.165, 1.54) is 24.1 Å². The van der Waals surface area contributed by atoms with Crippen LogP contribution in [0, 0.1) is 5.92 Å². The summed E-state index contributed by atoms with van der Waals surface area (Å²) >= 11 is 0. The smallest absolute Gasteiger partial charge is 0.214 e. The standard InChI is InChI=1S/C20H34N2O2S/c1-4-5-6-17-7-11-19(12-8-17)21-15-18-9-13-20(14-10-18)22-25(23,24)16(2)3/h7-8,11-12,16,18,20-22H,4-6,9-10,13-15H2,1-3H3. The first-order chi connectivity index (χ1) is 11.9. The van der Waals surface area contributed by atoms with Crippen LogP contribution < -0.4 is 10.0 Å². The molecule has 2 rings (SSSR count). The predicted octanol–water partition coefficient (Wildman–Crippen LogP) is 4.33. The van der Waals surface area contributed by atoms with E-state index in [2.05, 4.69) is 41.2 Å². The molecular formula is C20H34N2O2S. The molecule has 1 saturated carbocycles. The predicted molar refractivity (Wildman–Crippen MR) is 106 cm³/mol. The van der Waals surface area contributed by atoms with Crippen LogP contribution in [0.4, 0.5) is 5.69 Å². The molecule has 0 amide bonds. The summed E-state index contributed by atoms with van der Waals surface area (Å²) in [5.41, 5.74) is 2.59. The highest BCUT2D eigenvalue weighted by molar-refractivity contribution is 7.90. The Kier molecular flexibility index (Phi) is 7.76. The van der Waals surface area contributed by atoms with Crippen LogP contribution in [0.5, 0.6) is 0 Å². The Balaban J connectivity index is 1.71. The third kappa shape index (κ3) is 6.63. The molecule has 142 valence electrons. The molecule has 0 atom stereocenters. The Bertz CT molecular complexity index is 603. The number of hydrogen-bond acceptors (Lipinski definition) is 3. The molecule has 1 aromatic carbocycles. The number of benzene rings is 1. The van der Waals surface area contributed by atoms with Crippen molar-refractivity contribution in [2.24, 2.45) is 5.92 Å². The summed E-state index contributed by atoms with van der Waals surface area (Å²) < 4.78 is 26.8. The Morgan fingerprint density at radius 1 is 1.08 bits per heavy atom. The van der Waals surface area contributed by atoms with E-state index in [1.54, 1.807) is 13.8 Å². The van der Waals surface area contributed by atoms with Gasteiger partial charge < -0.3 is 5.32 Å². The number of aryl methyl sites for hydroxylation is 1. The van der Waals surface area contributed by atoms with Gasteiger partial charge in [-0.3, -0.25) is 0 Å². The van der Waals surface area contributed by atoms with E-state index >= 15 is 0 Å². The minimum atomic E-state index is -3.15. The van der Waals surface area contributed by atoms with Gasteiger partial charge in [0.1, 0.15) is 0 Å². The fourth-order valence-electron chi connectivity index (χ4n) is 3.29. The number of unbranched alkanes of at least 4 members (excludes halogenated alkanes) is 1. The molecule has 0 bridgehead atoms. The van der Waals surface area contributed by atoms with E-state index in [0.717, 1.165) is 38.6 Å². The topological polar surface area (TPSA) is 58.2 Å². The summed E-state index contributed by atoms with van der Waals surface area (Å²) in [5, 5.41) is 3.19. The van der Waals surface area contributed by atoms with Crippen LogP contribution in [0.3, 0.4) is 0 Å². The lowest BCUT2D eigenvalue weighted by atomic mass is 9.86. The quantitative estimate of drug-likeness (QED) is 0.684. The lowest BCUT2D eigenvalue weighted by Gasteiger charge is -2.29. The average Bonchev–Trinajstić information content (AvgIpc) is 2.60. The van der Waals surface area contributed by atoms with Crippen molar-refractivity contribution >= 4 is 15.7 Å². The number of anilines is 1. The van der Waals surface area contributed by atoms with Crippen molar-refractivity contribution in [3.8, 4) is 0 Å². The van der Waals surface area contributed by atoms with Crippen LogP contribution in [0.25, 0.3) is 0 Å². The van der Waals surface area contributed by atoms with E-state index in [9.17, 15) is 8.42 Å². The summed E-state index contributed by atoms with van der Waals surface area (Å²) in [7, 11) is -3.15. The molecule has 5 heteroatoms. The van der Waals surface area contributed by atoms with E-state index in [-0.39, 0.29) is 11.3 Å². The minimum Gasteiger partial charge on any atom is -0.385 e. The van der Waals surface area contributed by atoms with Gasteiger partial charge in [0.15, 0.2) is 0 Å². The van der Waals surface area contributed by atoms with Gasteiger partial charge in [-0.2, -0.15) is 0 Å². The maximum absolute atomic E-state index is 12.0. The second kappa shape index (κ2) is 9.58. The first-order valence-corrected chi connectivity index (χ1v) is 11.3. The molecule has 4 nitrogen and oxygen atoms in total. The molecule has 2 N–H and O–H groups in total. The first kappa shape index (κ1) is 20.2. The largest absolute Gasteiger partial charge is 0.385 e. The molecule has 0 saturated heterocycles. The van der Waals surface area contributed by atoms with Gasteiger partial charge in [0, 0.05) is 18.3 Å². The number of sulfonamides is 1. The summed E-state index contributed by atoms with van der Waals surface area (Å²) in [4.78, 5) is 0. The van der Waals surface area contributed by atoms with Gasteiger partial charge in [0.2, 0.25) is 10.0 Å². The SMILES string of the molecule is CCCCc1ccc(NCC2CCC(NS(=O)(=O)C(C)C)CC2)cc1. The number of nitrogens with one attached hydrogen (secondary N) is 2. The summed E-state index contributed by atoms with van der Waals surface area (Å²) in [6.07, 6.45) is 7.67. The summed E-state index contributed by atoms with van der Waals surface area (Å²) in [5.74, 6) is 0.625. The lowest BCUT2D eigenvalue weighted by Crippen LogP contribution is -2.41. The molecule has 0 unspecified atom stereocenters. The fourth-order valence-corrected chi connectivity index (χ4v) is 4.26. The molecule has 1 fully saturated rings. The van der Waals surface area contributed by atoms with Crippen molar-refractivity contribution < 1.29 is 8.42 Å². The molecule has 0 aromatic heterocycles. The van der Waals surface area contributed by atoms with Crippen LogP contribution in [-0.2, 0) is 16.4 Å². The average molecular weight is 367 g/mol. The highest BCUT2D eigenvalue weighted by Crippen LogP contribution is 2.25. The van der Waals surface area contributed by atoms with Crippen molar-refractivity contribution in [3.05, 3.63) is 29.8 Å². The fraction of sp³-hybridized carbons (Fsp3) is 0.700. The van der Waals surface area contributed by atoms with Gasteiger partial charge in [0.05, 0.1) is 5.25 Å². The zero-order valence-corrected chi connectivity index (χ0v) is 16.7. The molecule has 0 heterocycles. The van der Waals surface area contributed by atoms with Gasteiger partial charge in [-0.15, -0.1) is 0 Å². The molecule has 1 aliphatic carbocycles. The second-order valence-electron chi connectivity index (χ2n) is 7.61. The molecule has 0 spiro atoms. The molecule has 1 aliphatic rings. The van der Waals surface area contributed by atoms with Crippen molar-refractivity contribution in [1.29, 1.82) is 0 Å². The Morgan fingerprint density at radius 3 is 2.28 bits per heavy atom. The summed E-state index contributed by atoms with van der Waals surface area (Å²) in [6.45, 7) is 6.65. The van der Waals surface area contributed by atoms with E-state index in [4.69, 9.17) is 0 Å². The second-order valence-corrected chi connectivity index (χ2v) is 9.88. The van der Waals surface area contributed by atoms with Crippen molar-refractivity contribution in [3.63, 3.8) is 0 Å². The van der Waals surface area contributed by atoms with Crippen LogP contribution in [-0.4, -0.2) is 26.3 Å². The number of hydrogen-bond donors (Lipinski definition) is 2. The van der Waals surface area contributed by atoms with Crippen LogP contribution in [0.1, 0.15) is 64.9 Å². The summed E-state index contributed by atoms with van der Waals surface area (Å²) in [6, 6.07) is 8.90. The zero-order chi connectivity index (χ0) is 18.3. The number of rotatable bonds is 9. The third-order valence-electron chi connectivity index (χ3n) is 5.17. The Morgan fingerprint density at radius 2 is 1.72 bits per heavy atom. The van der Waals surface area contributed by atoms with Gasteiger partial charge in [-0.1, -0.05) is 25.5 Å². The maximum atomic E-state index is 12.0. The van der Waals surface area contributed by atoms with Crippen molar-refractivity contribution in [2.45, 2.75) is 77.0 Å². The zero-order valence-electron chi connectivity index (χ0n) is 15.9. The van der Waals surface area contributed by atoms with Crippen LogP contribution >= 0.6 is 0 Å². The van der Waals surface area contributed by atoms with Crippen LogP contribution in [0.2, 0.25) is 0 Å². The molecule has 0 aliphatic heterocycles. The van der Waals surface area contributed by atoms with Gasteiger partial charge in [-0.25, -0.2) is 13.1 Å². The van der Waals surface area contributed by atoms with E-state index in [1.807, 2.05) is 0 Å². The normalized spacial score (nSPS) is 21.4. The highest BCUT2D eigenvalue weighted by atomic mass is 32.2.